The number of carbonyl (C=O) groups is 3. The standard InChI is InChI=1S/C17H29NO6/c1-5-6-7-8-9-10-11-18(12(2)15(19)20,13(3)16(21)22)14(4)17(23)24/h7-8,12-14H,5-6,9-11H2,1-4H3,(H2-,19,20,21,22,23,24)/b8-7+. The van der Waals surface area contributed by atoms with Crippen LogP contribution in [0.15, 0.2) is 12.2 Å². The van der Waals surface area contributed by atoms with Crippen LogP contribution in [0, 0.1) is 0 Å². The number of hydrogen-bond donors (Lipinski definition) is 2. The van der Waals surface area contributed by atoms with Crippen LogP contribution in [0.3, 0.4) is 0 Å². The van der Waals surface area contributed by atoms with Crippen molar-refractivity contribution in [1.82, 2.24) is 0 Å². The van der Waals surface area contributed by atoms with Crippen molar-refractivity contribution >= 4 is 17.9 Å². The summed E-state index contributed by atoms with van der Waals surface area (Å²) in [6.07, 6.45) is 7.05. The van der Waals surface area contributed by atoms with Crippen LogP contribution >= 0.6 is 0 Å². The number of carboxylic acid groups (broad SMARTS) is 3. The predicted molar refractivity (Wildman–Crippen MR) is 87.1 cm³/mol. The number of allylic oxidation sites excluding steroid dienone is 2. The van der Waals surface area contributed by atoms with Gasteiger partial charge in [-0.15, -0.1) is 0 Å². The van der Waals surface area contributed by atoms with Crippen molar-refractivity contribution in [2.24, 2.45) is 0 Å². The third-order valence-electron chi connectivity index (χ3n) is 4.76. The molecule has 7 heteroatoms. The molecule has 138 valence electrons. The zero-order valence-electron chi connectivity index (χ0n) is 14.9. The zero-order valence-corrected chi connectivity index (χ0v) is 14.9. The Morgan fingerprint density at radius 2 is 1.42 bits per heavy atom. The highest BCUT2D eigenvalue weighted by molar-refractivity contribution is 5.76. The number of carbonyl (C=O) groups excluding carboxylic acids is 1. The second-order valence-electron chi connectivity index (χ2n) is 6.14. The fourth-order valence-corrected chi connectivity index (χ4v) is 3.08. The summed E-state index contributed by atoms with van der Waals surface area (Å²) in [6, 6.07) is -3.60. The first-order valence-corrected chi connectivity index (χ1v) is 8.31. The summed E-state index contributed by atoms with van der Waals surface area (Å²) < 4.78 is -0.575. The molecule has 0 rings (SSSR count). The van der Waals surface area contributed by atoms with Gasteiger partial charge in [-0.05, 0) is 33.6 Å². The molecule has 0 aliphatic carbocycles. The minimum Gasteiger partial charge on any atom is -0.544 e. The van der Waals surface area contributed by atoms with Crippen molar-refractivity contribution in [2.75, 3.05) is 6.54 Å². The Labute approximate surface area is 143 Å². The van der Waals surface area contributed by atoms with E-state index in [0.29, 0.717) is 12.8 Å². The largest absolute Gasteiger partial charge is 0.544 e. The normalized spacial score (nSPS) is 17.8. The summed E-state index contributed by atoms with van der Waals surface area (Å²) in [5, 5.41) is 30.3. The highest BCUT2D eigenvalue weighted by atomic mass is 16.4. The van der Waals surface area contributed by atoms with Crippen molar-refractivity contribution in [3.8, 4) is 0 Å². The first-order valence-electron chi connectivity index (χ1n) is 8.31. The molecule has 0 aromatic rings. The minimum atomic E-state index is -1.45. The number of carboxylic acids is 3. The Kier molecular flexibility index (Phi) is 9.28. The minimum absolute atomic E-state index is 0.131. The van der Waals surface area contributed by atoms with Gasteiger partial charge in [-0.3, -0.25) is 4.48 Å². The molecule has 0 aromatic carbocycles. The summed E-state index contributed by atoms with van der Waals surface area (Å²) in [4.78, 5) is 34.5. The molecule has 0 bridgehead atoms. The number of quaternary nitrogens is 1. The van der Waals surface area contributed by atoms with Crippen LogP contribution in [0.4, 0.5) is 0 Å². The Bertz CT molecular complexity index is 423. The van der Waals surface area contributed by atoms with Gasteiger partial charge in [0.25, 0.3) is 0 Å². The van der Waals surface area contributed by atoms with E-state index < -0.39 is 40.5 Å². The van der Waals surface area contributed by atoms with Crippen LogP contribution in [0.2, 0.25) is 0 Å². The highest BCUT2D eigenvalue weighted by Gasteiger charge is 2.50. The monoisotopic (exact) mass is 343 g/mol. The van der Waals surface area contributed by atoms with Gasteiger partial charge in [0.15, 0.2) is 12.1 Å². The molecule has 0 amide bonds. The van der Waals surface area contributed by atoms with Gasteiger partial charge in [-0.25, -0.2) is 9.59 Å². The van der Waals surface area contributed by atoms with Crippen molar-refractivity contribution in [3.05, 3.63) is 12.2 Å². The molecule has 0 saturated carbocycles. The number of nitrogens with zero attached hydrogens (tertiary/aromatic N) is 1. The number of unbranched alkanes of at least 4 members (excludes halogenated alkanes) is 2. The molecule has 0 spiro atoms. The van der Waals surface area contributed by atoms with E-state index in [0.717, 1.165) is 12.8 Å². The third-order valence-corrected chi connectivity index (χ3v) is 4.76. The molecule has 0 saturated heterocycles. The SMILES string of the molecule is CCC/C=C/CCC[N+](C(C)C(=O)[O-])(C(C)C(=O)O)C(C)C(=O)O. The molecule has 0 aromatic heterocycles. The van der Waals surface area contributed by atoms with Gasteiger partial charge < -0.3 is 20.1 Å². The Hall–Kier alpha value is -1.89. The van der Waals surface area contributed by atoms with E-state index in [9.17, 15) is 29.7 Å². The molecule has 24 heavy (non-hydrogen) atoms. The molecule has 0 fully saturated rings. The molecule has 2 N–H and O–H groups in total. The van der Waals surface area contributed by atoms with Crippen molar-refractivity contribution in [3.63, 3.8) is 0 Å². The van der Waals surface area contributed by atoms with E-state index in [2.05, 4.69) is 6.92 Å². The lowest BCUT2D eigenvalue weighted by atomic mass is 10.0. The van der Waals surface area contributed by atoms with Crippen molar-refractivity contribution in [1.29, 1.82) is 0 Å². The average molecular weight is 343 g/mol. The van der Waals surface area contributed by atoms with Crippen LogP contribution < -0.4 is 5.11 Å². The lowest BCUT2D eigenvalue weighted by molar-refractivity contribution is -0.969. The van der Waals surface area contributed by atoms with Crippen LogP contribution in [-0.2, 0) is 14.4 Å². The van der Waals surface area contributed by atoms with Crippen molar-refractivity contribution in [2.45, 2.75) is 71.5 Å². The lowest BCUT2D eigenvalue weighted by Gasteiger charge is -2.49. The molecule has 0 heterocycles. The van der Waals surface area contributed by atoms with Gasteiger partial charge in [0.2, 0.25) is 0 Å². The molecule has 0 radical (unpaired) electrons. The van der Waals surface area contributed by atoms with E-state index in [1.807, 2.05) is 12.2 Å². The molecular formula is C17H29NO6. The molecular weight excluding hydrogens is 314 g/mol. The van der Waals surface area contributed by atoms with E-state index in [1.165, 1.54) is 20.8 Å². The van der Waals surface area contributed by atoms with E-state index >= 15 is 0 Å². The number of aliphatic carboxylic acids is 3. The smallest absolute Gasteiger partial charge is 0.362 e. The van der Waals surface area contributed by atoms with Crippen LogP contribution in [0.25, 0.3) is 0 Å². The lowest BCUT2D eigenvalue weighted by Crippen LogP contribution is -2.71. The second-order valence-corrected chi connectivity index (χ2v) is 6.14. The first-order chi connectivity index (χ1) is 11.1. The first kappa shape index (κ1) is 22.1. The van der Waals surface area contributed by atoms with Gasteiger partial charge >= 0.3 is 11.9 Å². The maximum Gasteiger partial charge on any atom is 0.362 e. The number of hydrogen-bond acceptors (Lipinski definition) is 4. The quantitative estimate of drug-likeness (QED) is 0.311. The predicted octanol–water partition coefficient (Wildman–Crippen LogP) is 1.02. The molecule has 0 aliphatic heterocycles. The van der Waals surface area contributed by atoms with Gasteiger partial charge in [-0.1, -0.05) is 25.5 Å². The maximum atomic E-state index is 11.5. The van der Waals surface area contributed by atoms with Crippen LogP contribution in [0.5, 0.6) is 0 Å². The zero-order chi connectivity index (χ0) is 18.9. The summed E-state index contributed by atoms with van der Waals surface area (Å²) in [5.41, 5.74) is 0. The van der Waals surface area contributed by atoms with Gasteiger partial charge in [-0.2, -0.15) is 0 Å². The molecule has 3 atom stereocenters. The van der Waals surface area contributed by atoms with Crippen LogP contribution in [-0.4, -0.2) is 57.3 Å². The summed E-state index contributed by atoms with van der Waals surface area (Å²) in [5.74, 6) is -3.90. The highest BCUT2D eigenvalue weighted by Crippen LogP contribution is 2.27. The fraction of sp³-hybridized carbons (Fsp3) is 0.706. The molecule has 0 aliphatic rings. The second kappa shape index (κ2) is 10.1. The fourth-order valence-electron chi connectivity index (χ4n) is 3.08. The van der Waals surface area contributed by atoms with Gasteiger partial charge in [0.1, 0.15) is 6.04 Å². The Morgan fingerprint density at radius 1 is 0.958 bits per heavy atom. The Balaban J connectivity index is 5.61. The third kappa shape index (κ3) is 5.33. The molecule has 7 nitrogen and oxygen atoms in total. The topological polar surface area (TPSA) is 115 Å². The number of rotatable bonds is 12. The van der Waals surface area contributed by atoms with E-state index in [1.54, 1.807) is 0 Å². The Morgan fingerprint density at radius 3 is 1.79 bits per heavy atom. The summed E-state index contributed by atoms with van der Waals surface area (Å²) in [7, 11) is 0. The van der Waals surface area contributed by atoms with E-state index in [-0.39, 0.29) is 6.54 Å². The summed E-state index contributed by atoms with van der Waals surface area (Å²) in [6.45, 7) is 6.22. The van der Waals surface area contributed by atoms with Crippen LogP contribution in [0.1, 0.15) is 53.4 Å². The van der Waals surface area contributed by atoms with Gasteiger partial charge in [0.05, 0.1) is 12.5 Å². The van der Waals surface area contributed by atoms with Crippen molar-refractivity contribution < 1.29 is 34.2 Å². The molecule has 3 unspecified atom stereocenters. The summed E-state index contributed by atoms with van der Waals surface area (Å²) >= 11 is 0. The van der Waals surface area contributed by atoms with Gasteiger partial charge in [0, 0.05) is 6.42 Å². The maximum absolute atomic E-state index is 11.5. The van der Waals surface area contributed by atoms with E-state index in [4.69, 9.17) is 0 Å². The average Bonchev–Trinajstić information content (AvgIpc) is 2.52.